The lowest BCUT2D eigenvalue weighted by atomic mass is 9.99. The van der Waals surface area contributed by atoms with E-state index in [1.54, 1.807) is 12.1 Å². The van der Waals surface area contributed by atoms with Gasteiger partial charge in [0, 0.05) is 6.54 Å². The Morgan fingerprint density at radius 1 is 1.29 bits per heavy atom. The monoisotopic (exact) mass is 358 g/mol. The number of hydrogen-bond donors (Lipinski definition) is 2. The standard InChI is InChI=1S/C15H23BrN2O3/c1-3-5-6-11(4-2)9-17-14(19)10-18-15(20)12-7-8-13(16)21-12/h7-8,11H,3-6,9-10H2,1-2H3,(H,17,19)(H,18,20). The smallest absolute Gasteiger partial charge is 0.287 e. The van der Waals surface area contributed by atoms with Crippen molar-refractivity contribution in [1.29, 1.82) is 0 Å². The van der Waals surface area contributed by atoms with Gasteiger partial charge in [-0.2, -0.15) is 0 Å². The van der Waals surface area contributed by atoms with Crippen molar-refractivity contribution in [2.75, 3.05) is 13.1 Å². The first-order valence-corrected chi connectivity index (χ1v) is 8.16. The van der Waals surface area contributed by atoms with Gasteiger partial charge >= 0.3 is 0 Å². The summed E-state index contributed by atoms with van der Waals surface area (Å²) >= 11 is 3.12. The average molecular weight is 359 g/mol. The van der Waals surface area contributed by atoms with E-state index < -0.39 is 5.91 Å². The number of furan rings is 1. The Balaban J connectivity index is 2.25. The van der Waals surface area contributed by atoms with Gasteiger partial charge in [0.25, 0.3) is 5.91 Å². The second kappa shape index (κ2) is 9.60. The number of carbonyl (C=O) groups excluding carboxylic acids is 2. The quantitative estimate of drug-likeness (QED) is 0.712. The van der Waals surface area contributed by atoms with Gasteiger partial charge in [-0.15, -0.1) is 0 Å². The van der Waals surface area contributed by atoms with Crippen molar-refractivity contribution >= 4 is 27.7 Å². The zero-order valence-electron chi connectivity index (χ0n) is 12.6. The molecule has 0 saturated carbocycles. The summed E-state index contributed by atoms with van der Waals surface area (Å²) in [5, 5.41) is 5.39. The van der Waals surface area contributed by atoms with E-state index in [2.05, 4.69) is 40.4 Å². The summed E-state index contributed by atoms with van der Waals surface area (Å²) in [6.07, 6.45) is 4.52. The highest BCUT2D eigenvalue weighted by Gasteiger charge is 2.12. The Kier molecular flexibility index (Phi) is 8.12. The summed E-state index contributed by atoms with van der Waals surface area (Å²) < 4.78 is 5.60. The van der Waals surface area contributed by atoms with Gasteiger partial charge in [0.05, 0.1) is 6.54 Å². The molecule has 5 nitrogen and oxygen atoms in total. The Hall–Kier alpha value is -1.30. The highest BCUT2D eigenvalue weighted by Crippen LogP contribution is 2.13. The highest BCUT2D eigenvalue weighted by molar-refractivity contribution is 9.10. The van der Waals surface area contributed by atoms with Crippen LogP contribution in [0.3, 0.4) is 0 Å². The van der Waals surface area contributed by atoms with Gasteiger partial charge in [-0.3, -0.25) is 9.59 Å². The van der Waals surface area contributed by atoms with Crippen molar-refractivity contribution in [1.82, 2.24) is 10.6 Å². The molecule has 2 N–H and O–H groups in total. The molecule has 0 radical (unpaired) electrons. The summed E-state index contributed by atoms with van der Waals surface area (Å²) in [6, 6.07) is 3.18. The third-order valence-electron chi connectivity index (χ3n) is 3.34. The van der Waals surface area contributed by atoms with Gasteiger partial charge in [0.15, 0.2) is 10.4 Å². The van der Waals surface area contributed by atoms with Crippen LogP contribution in [-0.2, 0) is 4.79 Å². The van der Waals surface area contributed by atoms with Crippen LogP contribution in [0.25, 0.3) is 0 Å². The first-order valence-electron chi connectivity index (χ1n) is 7.37. The van der Waals surface area contributed by atoms with Crippen LogP contribution in [-0.4, -0.2) is 24.9 Å². The molecule has 6 heteroatoms. The fourth-order valence-corrected chi connectivity index (χ4v) is 2.25. The first kappa shape index (κ1) is 17.8. The number of nitrogens with one attached hydrogen (secondary N) is 2. The number of unbranched alkanes of at least 4 members (excludes halogenated alkanes) is 1. The van der Waals surface area contributed by atoms with Gasteiger partial charge in [0.2, 0.25) is 5.91 Å². The van der Waals surface area contributed by atoms with E-state index in [4.69, 9.17) is 4.42 Å². The largest absolute Gasteiger partial charge is 0.444 e. The second-order valence-electron chi connectivity index (χ2n) is 5.01. The molecule has 2 amide bonds. The van der Waals surface area contributed by atoms with Crippen molar-refractivity contribution in [2.45, 2.75) is 39.5 Å². The summed E-state index contributed by atoms with van der Waals surface area (Å²) in [7, 11) is 0. The molecule has 0 bridgehead atoms. The molecule has 21 heavy (non-hydrogen) atoms. The number of rotatable bonds is 9. The lowest BCUT2D eigenvalue weighted by molar-refractivity contribution is -0.120. The van der Waals surface area contributed by atoms with Gasteiger partial charge < -0.3 is 15.1 Å². The van der Waals surface area contributed by atoms with E-state index in [-0.39, 0.29) is 18.2 Å². The Morgan fingerprint density at radius 2 is 2.05 bits per heavy atom. The van der Waals surface area contributed by atoms with Crippen LogP contribution in [0, 0.1) is 5.92 Å². The minimum atomic E-state index is -0.395. The van der Waals surface area contributed by atoms with E-state index in [1.165, 1.54) is 12.8 Å². The molecule has 1 aromatic rings. The van der Waals surface area contributed by atoms with Gasteiger partial charge in [0.1, 0.15) is 0 Å². The summed E-state index contributed by atoms with van der Waals surface area (Å²) in [6.45, 7) is 4.91. The maximum atomic E-state index is 11.7. The fraction of sp³-hybridized carbons (Fsp3) is 0.600. The Labute approximate surface area is 134 Å². The highest BCUT2D eigenvalue weighted by atomic mass is 79.9. The predicted molar refractivity (Wildman–Crippen MR) is 85.1 cm³/mol. The number of hydrogen-bond acceptors (Lipinski definition) is 3. The molecule has 0 saturated heterocycles. The van der Waals surface area contributed by atoms with Crippen molar-refractivity contribution in [3.05, 3.63) is 22.6 Å². The number of carbonyl (C=O) groups is 2. The van der Waals surface area contributed by atoms with E-state index in [0.29, 0.717) is 17.1 Å². The Bertz CT molecular complexity index is 460. The molecular formula is C15H23BrN2O3. The molecule has 1 rings (SSSR count). The van der Waals surface area contributed by atoms with E-state index in [9.17, 15) is 9.59 Å². The number of halogens is 1. The van der Waals surface area contributed by atoms with E-state index in [1.807, 2.05) is 0 Å². The molecule has 1 aromatic heterocycles. The molecule has 0 aliphatic rings. The van der Waals surface area contributed by atoms with Crippen LogP contribution in [0.4, 0.5) is 0 Å². The lowest BCUT2D eigenvalue weighted by Gasteiger charge is -2.15. The van der Waals surface area contributed by atoms with Crippen LogP contribution in [0.2, 0.25) is 0 Å². The Morgan fingerprint density at radius 3 is 2.62 bits per heavy atom. The zero-order chi connectivity index (χ0) is 15.7. The minimum absolute atomic E-state index is 0.0403. The predicted octanol–water partition coefficient (Wildman–Crippen LogP) is 3.10. The van der Waals surface area contributed by atoms with Gasteiger partial charge in [-0.05, 0) is 40.4 Å². The molecule has 0 aliphatic carbocycles. The summed E-state index contributed by atoms with van der Waals surface area (Å²) in [5.74, 6) is 0.118. The van der Waals surface area contributed by atoms with Crippen molar-refractivity contribution in [3.63, 3.8) is 0 Å². The molecule has 1 atom stereocenters. The second-order valence-corrected chi connectivity index (χ2v) is 5.79. The van der Waals surface area contributed by atoms with Crippen molar-refractivity contribution < 1.29 is 14.0 Å². The lowest BCUT2D eigenvalue weighted by Crippen LogP contribution is -2.38. The van der Waals surface area contributed by atoms with E-state index >= 15 is 0 Å². The molecule has 118 valence electrons. The molecule has 1 heterocycles. The van der Waals surface area contributed by atoms with Crippen LogP contribution >= 0.6 is 15.9 Å². The maximum absolute atomic E-state index is 11.7. The van der Waals surface area contributed by atoms with Crippen LogP contribution in [0.15, 0.2) is 21.2 Å². The van der Waals surface area contributed by atoms with Crippen LogP contribution in [0.5, 0.6) is 0 Å². The molecule has 0 fully saturated rings. The summed E-state index contributed by atoms with van der Waals surface area (Å²) in [5.41, 5.74) is 0. The number of amides is 2. The minimum Gasteiger partial charge on any atom is -0.444 e. The molecule has 0 aliphatic heterocycles. The topological polar surface area (TPSA) is 71.3 Å². The molecule has 0 aromatic carbocycles. The van der Waals surface area contributed by atoms with Crippen LogP contribution < -0.4 is 10.6 Å². The SMILES string of the molecule is CCCCC(CC)CNC(=O)CNC(=O)c1ccc(Br)o1. The van der Waals surface area contributed by atoms with Crippen molar-refractivity contribution in [2.24, 2.45) is 5.92 Å². The van der Waals surface area contributed by atoms with Crippen molar-refractivity contribution in [3.8, 4) is 0 Å². The maximum Gasteiger partial charge on any atom is 0.287 e. The van der Waals surface area contributed by atoms with Gasteiger partial charge in [-0.1, -0.05) is 33.1 Å². The fourth-order valence-electron chi connectivity index (χ4n) is 1.95. The first-order chi connectivity index (χ1) is 10.1. The normalized spacial score (nSPS) is 12.0. The molecule has 1 unspecified atom stereocenters. The summed E-state index contributed by atoms with van der Waals surface area (Å²) in [4.78, 5) is 23.4. The van der Waals surface area contributed by atoms with E-state index in [0.717, 1.165) is 12.8 Å². The molecule has 0 spiro atoms. The van der Waals surface area contributed by atoms with Crippen LogP contribution in [0.1, 0.15) is 50.1 Å². The third-order valence-corrected chi connectivity index (χ3v) is 3.76. The third kappa shape index (κ3) is 6.80. The van der Waals surface area contributed by atoms with Gasteiger partial charge in [-0.25, -0.2) is 0 Å². The zero-order valence-corrected chi connectivity index (χ0v) is 14.2. The molecular weight excluding hydrogens is 336 g/mol. The average Bonchev–Trinajstić information content (AvgIpc) is 2.91.